The summed E-state index contributed by atoms with van der Waals surface area (Å²) in [5.74, 6) is -0.616. The van der Waals surface area contributed by atoms with Crippen LogP contribution in [0.4, 0.5) is 4.39 Å². The van der Waals surface area contributed by atoms with Crippen molar-refractivity contribution >= 4 is 26.8 Å². The summed E-state index contributed by atoms with van der Waals surface area (Å²) < 4.78 is 40.3. The van der Waals surface area contributed by atoms with Crippen LogP contribution in [-0.4, -0.2) is 54.7 Å². The maximum atomic E-state index is 13.2. The smallest absolute Gasteiger partial charge is 0.270 e. The lowest BCUT2D eigenvalue weighted by molar-refractivity contribution is 0.0759. The van der Waals surface area contributed by atoms with Crippen molar-refractivity contribution in [2.24, 2.45) is 0 Å². The molecule has 6 nitrogen and oxygen atoms in total. The van der Waals surface area contributed by atoms with Crippen molar-refractivity contribution in [1.29, 1.82) is 0 Å². The van der Waals surface area contributed by atoms with Crippen LogP contribution in [0.2, 0.25) is 0 Å². The zero-order valence-corrected chi connectivity index (χ0v) is 17.8. The standard InChI is InChI=1S/C22H24FN3O3S/c1-15-12-16(2)19-14-21(24-20(19)13-15)22(27)25-8-3-9-26(11-10-25)30(28,29)18-6-4-17(23)5-7-18/h4-7,12-14,24H,3,8-11H2,1-2H3. The molecule has 1 aromatic heterocycles. The lowest BCUT2D eigenvalue weighted by Gasteiger charge is -2.21. The molecule has 8 heteroatoms. The maximum absolute atomic E-state index is 13.2. The van der Waals surface area contributed by atoms with Gasteiger partial charge in [0.05, 0.1) is 4.90 Å². The Labute approximate surface area is 175 Å². The molecular weight excluding hydrogens is 405 g/mol. The average Bonchev–Trinajstić information content (AvgIpc) is 2.96. The number of benzene rings is 2. The third-order valence-electron chi connectivity index (χ3n) is 5.51. The van der Waals surface area contributed by atoms with E-state index in [0.717, 1.165) is 34.2 Å². The molecule has 2 heterocycles. The molecule has 1 aliphatic rings. The van der Waals surface area contributed by atoms with Gasteiger partial charge >= 0.3 is 0 Å². The second-order valence-electron chi connectivity index (χ2n) is 7.73. The summed E-state index contributed by atoms with van der Waals surface area (Å²) >= 11 is 0. The summed E-state index contributed by atoms with van der Waals surface area (Å²) in [6.07, 6.45) is 0.532. The van der Waals surface area contributed by atoms with Gasteiger partial charge in [0.25, 0.3) is 5.91 Å². The van der Waals surface area contributed by atoms with Crippen molar-refractivity contribution in [2.75, 3.05) is 26.2 Å². The number of halogens is 1. The Bertz CT molecular complexity index is 1200. The first-order valence-corrected chi connectivity index (χ1v) is 11.3. The molecule has 0 atom stereocenters. The number of nitrogens with one attached hydrogen (secondary N) is 1. The van der Waals surface area contributed by atoms with Gasteiger partial charge in [-0.2, -0.15) is 4.31 Å². The molecule has 1 N–H and O–H groups in total. The van der Waals surface area contributed by atoms with Crippen molar-refractivity contribution in [2.45, 2.75) is 25.2 Å². The highest BCUT2D eigenvalue weighted by molar-refractivity contribution is 7.89. The summed E-state index contributed by atoms with van der Waals surface area (Å²) in [7, 11) is -3.73. The van der Waals surface area contributed by atoms with Gasteiger partial charge in [-0.3, -0.25) is 4.79 Å². The molecule has 2 aromatic carbocycles. The van der Waals surface area contributed by atoms with Crippen molar-refractivity contribution in [1.82, 2.24) is 14.2 Å². The van der Waals surface area contributed by atoms with Gasteiger partial charge in [0.2, 0.25) is 10.0 Å². The van der Waals surface area contributed by atoms with Gasteiger partial charge in [0.1, 0.15) is 11.5 Å². The minimum Gasteiger partial charge on any atom is -0.351 e. The predicted octanol–water partition coefficient (Wildman–Crippen LogP) is 3.46. The van der Waals surface area contributed by atoms with E-state index in [2.05, 4.69) is 11.1 Å². The van der Waals surface area contributed by atoms with Crippen LogP contribution in [0.3, 0.4) is 0 Å². The van der Waals surface area contributed by atoms with E-state index in [-0.39, 0.29) is 17.3 Å². The Balaban J connectivity index is 1.52. The van der Waals surface area contributed by atoms with Crippen molar-refractivity contribution in [3.8, 4) is 0 Å². The van der Waals surface area contributed by atoms with Gasteiger partial charge in [0, 0.05) is 37.1 Å². The van der Waals surface area contributed by atoms with E-state index < -0.39 is 15.8 Å². The van der Waals surface area contributed by atoms with Crippen LogP contribution >= 0.6 is 0 Å². The zero-order valence-electron chi connectivity index (χ0n) is 17.0. The summed E-state index contributed by atoms with van der Waals surface area (Å²) in [6, 6.07) is 10.8. The molecule has 0 spiro atoms. The molecule has 1 fully saturated rings. The number of hydrogen-bond donors (Lipinski definition) is 1. The van der Waals surface area contributed by atoms with E-state index in [1.54, 1.807) is 4.90 Å². The third-order valence-corrected chi connectivity index (χ3v) is 7.43. The number of rotatable bonds is 3. The van der Waals surface area contributed by atoms with Gasteiger partial charge in [-0.15, -0.1) is 0 Å². The average molecular weight is 430 g/mol. The number of aryl methyl sites for hydroxylation is 2. The third kappa shape index (κ3) is 3.85. The number of sulfonamides is 1. The Morgan fingerprint density at radius 1 is 1.00 bits per heavy atom. The molecule has 0 radical (unpaired) electrons. The molecular formula is C22H24FN3O3S. The van der Waals surface area contributed by atoms with E-state index >= 15 is 0 Å². The van der Waals surface area contributed by atoms with Crippen LogP contribution in [0.25, 0.3) is 10.9 Å². The number of aromatic amines is 1. The van der Waals surface area contributed by atoms with Gasteiger partial charge < -0.3 is 9.88 Å². The number of carbonyl (C=O) groups excluding carboxylic acids is 1. The van der Waals surface area contributed by atoms with Crippen LogP contribution in [0.15, 0.2) is 47.4 Å². The number of fused-ring (bicyclic) bond motifs is 1. The van der Waals surface area contributed by atoms with E-state index in [0.29, 0.717) is 31.7 Å². The van der Waals surface area contributed by atoms with Crippen LogP contribution in [0.5, 0.6) is 0 Å². The first kappa shape index (κ1) is 20.6. The number of amides is 1. The quantitative estimate of drug-likeness (QED) is 0.693. The number of carbonyl (C=O) groups is 1. The number of hydrogen-bond acceptors (Lipinski definition) is 3. The molecule has 0 bridgehead atoms. The fraction of sp³-hybridized carbons (Fsp3) is 0.318. The van der Waals surface area contributed by atoms with Crippen LogP contribution in [0.1, 0.15) is 28.0 Å². The van der Waals surface area contributed by atoms with E-state index in [9.17, 15) is 17.6 Å². The highest BCUT2D eigenvalue weighted by Gasteiger charge is 2.29. The summed E-state index contributed by atoms with van der Waals surface area (Å²) in [4.78, 5) is 18.0. The van der Waals surface area contributed by atoms with Crippen LogP contribution in [-0.2, 0) is 10.0 Å². The van der Waals surface area contributed by atoms with Crippen LogP contribution in [0, 0.1) is 19.7 Å². The molecule has 1 amide bonds. The Hall–Kier alpha value is -2.71. The summed E-state index contributed by atoms with van der Waals surface area (Å²) in [5, 5.41) is 1.01. The molecule has 30 heavy (non-hydrogen) atoms. The largest absolute Gasteiger partial charge is 0.351 e. The fourth-order valence-electron chi connectivity index (χ4n) is 3.98. The lowest BCUT2D eigenvalue weighted by atomic mass is 10.1. The first-order valence-electron chi connectivity index (χ1n) is 9.91. The Morgan fingerprint density at radius 2 is 1.73 bits per heavy atom. The highest BCUT2D eigenvalue weighted by Crippen LogP contribution is 2.23. The predicted molar refractivity (Wildman–Crippen MR) is 113 cm³/mol. The monoisotopic (exact) mass is 429 g/mol. The second kappa shape index (κ2) is 7.85. The molecule has 1 aliphatic heterocycles. The fourth-order valence-corrected chi connectivity index (χ4v) is 5.45. The zero-order chi connectivity index (χ0) is 21.5. The van der Waals surface area contributed by atoms with Gasteiger partial charge in [-0.1, -0.05) is 6.07 Å². The Kier molecular flexibility index (Phi) is 5.38. The summed E-state index contributed by atoms with van der Waals surface area (Å²) in [6.45, 7) is 5.31. The SMILES string of the molecule is Cc1cc(C)c2cc(C(=O)N3CCCN(S(=O)(=O)c4ccc(F)cc4)CC3)[nH]c2c1. The number of aromatic nitrogens is 1. The van der Waals surface area contributed by atoms with E-state index in [1.807, 2.05) is 26.0 Å². The van der Waals surface area contributed by atoms with Crippen molar-refractivity contribution in [3.05, 3.63) is 65.1 Å². The first-order chi connectivity index (χ1) is 14.3. The topological polar surface area (TPSA) is 73.5 Å². The number of nitrogens with zero attached hydrogens (tertiary/aromatic N) is 2. The van der Waals surface area contributed by atoms with Crippen molar-refractivity contribution in [3.63, 3.8) is 0 Å². The highest BCUT2D eigenvalue weighted by atomic mass is 32.2. The minimum absolute atomic E-state index is 0.0603. The second-order valence-corrected chi connectivity index (χ2v) is 9.67. The van der Waals surface area contributed by atoms with Crippen LogP contribution < -0.4 is 0 Å². The molecule has 0 saturated carbocycles. The molecule has 0 aliphatic carbocycles. The van der Waals surface area contributed by atoms with Crippen molar-refractivity contribution < 1.29 is 17.6 Å². The molecule has 3 aromatic rings. The van der Waals surface area contributed by atoms with E-state index in [4.69, 9.17) is 0 Å². The molecule has 158 valence electrons. The Morgan fingerprint density at radius 3 is 2.47 bits per heavy atom. The number of H-pyrrole nitrogens is 1. The van der Waals surface area contributed by atoms with Gasteiger partial charge in [-0.25, -0.2) is 12.8 Å². The van der Waals surface area contributed by atoms with E-state index in [1.165, 1.54) is 16.4 Å². The van der Waals surface area contributed by atoms with Gasteiger partial charge in [0.15, 0.2) is 0 Å². The summed E-state index contributed by atoms with van der Waals surface area (Å²) in [5.41, 5.74) is 3.66. The molecule has 4 rings (SSSR count). The normalized spacial score (nSPS) is 16.0. The maximum Gasteiger partial charge on any atom is 0.270 e. The molecule has 1 saturated heterocycles. The van der Waals surface area contributed by atoms with Gasteiger partial charge in [-0.05, 0) is 67.8 Å². The minimum atomic E-state index is -3.73. The molecule has 0 unspecified atom stereocenters. The lowest BCUT2D eigenvalue weighted by Crippen LogP contribution is -2.37.